The van der Waals surface area contributed by atoms with Gasteiger partial charge < -0.3 is 4.74 Å². The van der Waals surface area contributed by atoms with Crippen LogP contribution in [0.3, 0.4) is 0 Å². The first-order valence-corrected chi connectivity index (χ1v) is 2.98. The van der Waals surface area contributed by atoms with Gasteiger partial charge in [-0.05, 0) is 6.92 Å². The van der Waals surface area contributed by atoms with Crippen LogP contribution in [0.4, 0.5) is 0 Å². The molecule has 0 aromatic carbocycles. The van der Waals surface area contributed by atoms with E-state index < -0.39 is 5.97 Å². The maximum atomic E-state index is 9.85. The molecular weight excluding hydrogens is 160 g/mol. The van der Waals surface area contributed by atoms with Gasteiger partial charge in [0.05, 0.1) is 0 Å². The number of aliphatic imine (C=N–C) groups is 1. The Bertz CT molecular complexity index is 223. The van der Waals surface area contributed by atoms with Gasteiger partial charge in [0.25, 0.3) is 6.26 Å². The zero-order valence-corrected chi connectivity index (χ0v) is 6.61. The van der Waals surface area contributed by atoms with E-state index in [0.29, 0.717) is 6.54 Å². The number of ether oxygens (including phenoxy) is 1. The van der Waals surface area contributed by atoms with Crippen LogP contribution in [-0.2, 0) is 14.3 Å². The SMILES string of the molecule is C=CC(=O)OC#N.CCN=C=O. The van der Waals surface area contributed by atoms with Crippen LogP contribution in [0.15, 0.2) is 17.6 Å². The Morgan fingerprint density at radius 3 is 2.50 bits per heavy atom. The lowest BCUT2D eigenvalue weighted by atomic mass is 10.7. The zero-order valence-electron chi connectivity index (χ0n) is 6.61. The molecule has 5 heteroatoms. The van der Waals surface area contributed by atoms with E-state index in [2.05, 4.69) is 16.3 Å². The molecule has 0 N–H and O–H groups in total. The molecule has 0 saturated carbocycles. The maximum absolute atomic E-state index is 9.85. The van der Waals surface area contributed by atoms with E-state index in [0.717, 1.165) is 6.08 Å². The molecule has 12 heavy (non-hydrogen) atoms. The molecule has 0 fully saturated rings. The summed E-state index contributed by atoms with van der Waals surface area (Å²) >= 11 is 0. The fourth-order valence-corrected chi connectivity index (χ4v) is 0.151. The molecule has 0 aromatic rings. The number of nitrogens with zero attached hydrogens (tertiary/aromatic N) is 2. The molecule has 5 nitrogen and oxygen atoms in total. The standard InChI is InChI=1S/C4H3NO2.C3H5NO/c1-2-4(6)7-3-5;1-2-4-3-5/h2H,1H2;2H2,1H3. The van der Waals surface area contributed by atoms with Crippen molar-refractivity contribution >= 4 is 12.0 Å². The molecule has 0 aliphatic rings. The van der Waals surface area contributed by atoms with Crippen molar-refractivity contribution in [1.29, 1.82) is 5.26 Å². The topological polar surface area (TPSA) is 79.5 Å². The second-order valence-corrected chi connectivity index (χ2v) is 1.28. The summed E-state index contributed by atoms with van der Waals surface area (Å²) in [7, 11) is 0. The Labute approximate surface area is 70.0 Å². The quantitative estimate of drug-likeness (QED) is 0.198. The molecule has 0 amide bonds. The van der Waals surface area contributed by atoms with Gasteiger partial charge in [-0.3, -0.25) is 0 Å². The number of esters is 1. The molecular formula is C7H8N2O3. The van der Waals surface area contributed by atoms with E-state index in [9.17, 15) is 4.79 Å². The Hall–Kier alpha value is -1.92. The number of hydrogen-bond acceptors (Lipinski definition) is 5. The number of rotatable bonds is 2. The largest absolute Gasteiger partial charge is 0.347 e. The van der Waals surface area contributed by atoms with Crippen LogP contribution in [0.2, 0.25) is 0 Å². The van der Waals surface area contributed by atoms with E-state index in [1.165, 1.54) is 12.3 Å². The van der Waals surface area contributed by atoms with Gasteiger partial charge in [-0.2, -0.15) is 0 Å². The summed E-state index contributed by atoms with van der Waals surface area (Å²) in [5, 5.41) is 7.63. The molecule has 0 aliphatic heterocycles. The Balaban J connectivity index is 0. The average molecular weight is 168 g/mol. The summed E-state index contributed by atoms with van der Waals surface area (Å²) in [6, 6.07) is 0. The van der Waals surface area contributed by atoms with Crippen LogP contribution in [-0.4, -0.2) is 18.6 Å². The van der Waals surface area contributed by atoms with Crippen LogP contribution in [0.25, 0.3) is 0 Å². The van der Waals surface area contributed by atoms with Gasteiger partial charge in [-0.15, -0.1) is 5.26 Å². The third-order valence-electron chi connectivity index (χ3n) is 0.536. The van der Waals surface area contributed by atoms with E-state index in [4.69, 9.17) is 10.1 Å². The predicted octanol–water partition coefficient (Wildman–Crippen LogP) is 0.539. The van der Waals surface area contributed by atoms with Crippen LogP contribution in [0.1, 0.15) is 6.92 Å². The zero-order chi connectivity index (χ0) is 9.82. The molecule has 0 saturated heterocycles. The lowest BCUT2D eigenvalue weighted by Gasteiger charge is -1.77. The smallest absolute Gasteiger partial charge is 0.345 e. The van der Waals surface area contributed by atoms with Crippen molar-refractivity contribution in [3.05, 3.63) is 12.7 Å². The molecule has 0 unspecified atom stereocenters. The molecule has 0 heterocycles. The second-order valence-electron chi connectivity index (χ2n) is 1.28. The van der Waals surface area contributed by atoms with Gasteiger partial charge in [0.2, 0.25) is 6.08 Å². The van der Waals surface area contributed by atoms with Gasteiger partial charge in [-0.25, -0.2) is 14.6 Å². The average Bonchev–Trinajstić information content (AvgIpc) is 2.07. The lowest BCUT2D eigenvalue weighted by molar-refractivity contribution is -0.131. The van der Waals surface area contributed by atoms with Gasteiger partial charge in [-0.1, -0.05) is 6.58 Å². The van der Waals surface area contributed by atoms with Gasteiger partial charge in [0.1, 0.15) is 0 Å². The number of carbonyl (C=O) groups is 1. The van der Waals surface area contributed by atoms with Gasteiger partial charge in [0.15, 0.2) is 0 Å². The van der Waals surface area contributed by atoms with Crippen molar-refractivity contribution in [2.45, 2.75) is 6.92 Å². The molecule has 0 radical (unpaired) electrons. The second kappa shape index (κ2) is 11.8. The third-order valence-corrected chi connectivity index (χ3v) is 0.536. The van der Waals surface area contributed by atoms with Crippen molar-refractivity contribution in [3.8, 4) is 6.26 Å². The summed E-state index contributed by atoms with van der Waals surface area (Å²) in [4.78, 5) is 22.1. The van der Waals surface area contributed by atoms with Crippen LogP contribution in [0, 0.1) is 11.5 Å². The number of carbonyl (C=O) groups excluding carboxylic acids is 2. The highest BCUT2D eigenvalue weighted by Crippen LogP contribution is 1.71. The summed E-state index contributed by atoms with van der Waals surface area (Å²) in [6.45, 7) is 5.38. The molecule has 0 aliphatic carbocycles. The van der Waals surface area contributed by atoms with Crippen molar-refractivity contribution in [1.82, 2.24) is 0 Å². The van der Waals surface area contributed by atoms with Crippen molar-refractivity contribution < 1.29 is 14.3 Å². The van der Waals surface area contributed by atoms with Crippen molar-refractivity contribution in [3.63, 3.8) is 0 Å². The Kier molecular flexibility index (Phi) is 12.5. The highest BCUT2D eigenvalue weighted by Gasteiger charge is 1.87. The number of isocyanates is 1. The minimum absolute atomic E-state index is 0.545. The van der Waals surface area contributed by atoms with Crippen LogP contribution >= 0.6 is 0 Å². The minimum Gasteiger partial charge on any atom is -0.347 e. The van der Waals surface area contributed by atoms with E-state index in [-0.39, 0.29) is 0 Å². The van der Waals surface area contributed by atoms with Crippen LogP contribution < -0.4 is 0 Å². The fourth-order valence-electron chi connectivity index (χ4n) is 0.151. The summed E-state index contributed by atoms with van der Waals surface area (Å²) < 4.78 is 3.74. The molecule has 0 bridgehead atoms. The Morgan fingerprint density at radius 1 is 1.83 bits per heavy atom. The fraction of sp³-hybridized carbons (Fsp3) is 0.286. The summed E-state index contributed by atoms with van der Waals surface area (Å²) in [5.41, 5.74) is 0. The lowest BCUT2D eigenvalue weighted by Crippen LogP contribution is -1.91. The van der Waals surface area contributed by atoms with Gasteiger partial charge in [0, 0.05) is 12.6 Å². The minimum atomic E-state index is -0.720. The normalized spacial score (nSPS) is 6.00. The highest BCUT2D eigenvalue weighted by molar-refractivity contribution is 5.81. The third kappa shape index (κ3) is 15.7. The van der Waals surface area contributed by atoms with E-state index in [1.54, 1.807) is 6.92 Å². The van der Waals surface area contributed by atoms with E-state index in [1.807, 2.05) is 0 Å². The summed E-state index contributed by atoms with van der Waals surface area (Å²) in [5.74, 6) is -0.720. The maximum Gasteiger partial charge on any atom is 0.345 e. The van der Waals surface area contributed by atoms with Crippen molar-refractivity contribution in [2.24, 2.45) is 4.99 Å². The first-order chi connectivity index (χ1) is 5.72. The molecule has 64 valence electrons. The summed E-state index contributed by atoms with van der Waals surface area (Å²) in [6.07, 6.45) is 3.51. The van der Waals surface area contributed by atoms with Crippen molar-refractivity contribution in [2.75, 3.05) is 6.54 Å². The van der Waals surface area contributed by atoms with Gasteiger partial charge >= 0.3 is 5.97 Å². The monoisotopic (exact) mass is 168 g/mol. The van der Waals surface area contributed by atoms with E-state index >= 15 is 0 Å². The first kappa shape index (κ1) is 12.7. The first-order valence-electron chi connectivity index (χ1n) is 2.98. The molecule has 0 spiro atoms. The molecule has 0 aromatic heterocycles. The highest BCUT2D eigenvalue weighted by atomic mass is 16.5. The number of hydrogen-bond donors (Lipinski definition) is 0. The predicted molar refractivity (Wildman–Crippen MR) is 40.6 cm³/mol. The Morgan fingerprint density at radius 2 is 2.42 bits per heavy atom. The molecule has 0 atom stereocenters. The molecule has 0 rings (SSSR count). The number of nitriles is 1. The van der Waals surface area contributed by atoms with Crippen LogP contribution in [0.5, 0.6) is 0 Å².